The van der Waals surface area contributed by atoms with Gasteiger partial charge < -0.3 is 10.1 Å². The van der Waals surface area contributed by atoms with Crippen LogP contribution in [0.4, 0.5) is 0 Å². The molecule has 0 saturated carbocycles. The predicted molar refractivity (Wildman–Crippen MR) is 97.0 cm³/mol. The van der Waals surface area contributed by atoms with Crippen LogP contribution >= 0.6 is 0 Å². The Morgan fingerprint density at radius 1 is 1.42 bits per heavy atom. The van der Waals surface area contributed by atoms with Crippen molar-refractivity contribution in [3.05, 3.63) is 29.3 Å². The minimum Gasteiger partial charge on any atom is -0.494 e. The molecule has 0 unspecified atom stereocenters. The molecule has 1 aromatic carbocycles. The van der Waals surface area contributed by atoms with Gasteiger partial charge in [0.25, 0.3) is 0 Å². The summed E-state index contributed by atoms with van der Waals surface area (Å²) in [5.41, 5.74) is 6.41. The average Bonchev–Trinajstić information content (AvgIpc) is 2.59. The van der Waals surface area contributed by atoms with Crippen LogP contribution in [-0.4, -0.2) is 23.9 Å². The highest BCUT2D eigenvalue weighted by Gasteiger charge is 2.15. The topological polar surface area (TPSA) is 74.5 Å². The van der Waals surface area contributed by atoms with Gasteiger partial charge in [0.1, 0.15) is 5.75 Å². The van der Waals surface area contributed by atoms with E-state index in [2.05, 4.69) is 24.4 Å². The Morgan fingerprint density at radius 2 is 2.21 bits per heavy atom. The van der Waals surface area contributed by atoms with Crippen LogP contribution in [0.1, 0.15) is 57.1 Å². The highest BCUT2D eigenvalue weighted by atomic mass is 16.5. The molecular formula is C19H27N3O2. The van der Waals surface area contributed by atoms with Gasteiger partial charge in [0, 0.05) is 24.1 Å². The van der Waals surface area contributed by atoms with Crippen molar-refractivity contribution < 1.29 is 9.53 Å². The van der Waals surface area contributed by atoms with Gasteiger partial charge in [-0.25, -0.2) is 5.43 Å². The van der Waals surface area contributed by atoms with E-state index in [0.29, 0.717) is 25.4 Å². The Kier molecular flexibility index (Phi) is 6.53. The van der Waals surface area contributed by atoms with Crippen LogP contribution in [0, 0.1) is 18.3 Å². The Hall–Kier alpha value is -2.17. The van der Waals surface area contributed by atoms with Crippen molar-refractivity contribution in [2.45, 2.75) is 52.9 Å². The third-order valence-corrected chi connectivity index (χ3v) is 4.48. The number of rotatable bonds is 8. The lowest BCUT2D eigenvalue weighted by atomic mass is 9.99. The standard InChI is InChI=1S/C19H27N3O2/c1-4-13(2)17(20)6-5-11-24-15-7-8-16(14(3)12-15)18-9-10-19(23)22-21-18/h7-8,12-13,20H,4-6,9-11H2,1-3H3,(H,22,23)/t13-/m1/s1. The molecule has 0 spiro atoms. The third-order valence-electron chi connectivity index (χ3n) is 4.48. The Balaban J connectivity index is 1.86. The molecule has 0 bridgehead atoms. The van der Waals surface area contributed by atoms with Gasteiger partial charge in [-0.05, 0) is 55.9 Å². The van der Waals surface area contributed by atoms with Gasteiger partial charge >= 0.3 is 0 Å². The van der Waals surface area contributed by atoms with E-state index < -0.39 is 0 Å². The number of carbonyl (C=O) groups is 1. The van der Waals surface area contributed by atoms with E-state index in [1.807, 2.05) is 25.1 Å². The number of nitrogens with zero attached hydrogens (tertiary/aromatic N) is 1. The maximum atomic E-state index is 11.2. The summed E-state index contributed by atoms with van der Waals surface area (Å²) in [7, 11) is 0. The van der Waals surface area contributed by atoms with Crippen LogP contribution in [0.3, 0.4) is 0 Å². The smallest absolute Gasteiger partial charge is 0.240 e. The third kappa shape index (κ3) is 4.91. The number of benzene rings is 1. The average molecular weight is 329 g/mol. The van der Waals surface area contributed by atoms with Crippen molar-refractivity contribution in [1.82, 2.24) is 5.43 Å². The first kappa shape index (κ1) is 18.2. The lowest BCUT2D eigenvalue weighted by molar-refractivity contribution is -0.121. The molecule has 1 aliphatic rings. The van der Waals surface area contributed by atoms with Crippen LogP contribution < -0.4 is 10.2 Å². The van der Waals surface area contributed by atoms with Gasteiger partial charge in [0.05, 0.1) is 12.3 Å². The van der Waals surface area contributed by atoms with E-state index in [1.165, 1.54) is 0 Å². The van der Waals surface area contributed by atoms with Crippen LogP contribution in [-0.2, 0) is 4.79 Å². The summed E-state index contributed by atoms with van der Waals surface area (Å²) in [6.07, 6.45) is 3.83. The quantitative estimate of drug-likeness (QED) is 0.562. The largest absolute Gasteiger partial charge is 0.494 e. The summed E-state index contributed by atoms with van der Waals surface area (Å²) in [6, 6.07) is 5.96. The van der Waals surface area contributed by atoms with Crippen molar-refractivity contribution in [3.8, 4) is 5.75 Å². The van der Waals surface area contributed by atoms with Crippen molar-refractivity contribution in [2.75, 3.05) is 6.61 Å². The zero-order chi connectivity index (χ0) is 17.5. The molecular weight excluding hydrogens is 302 g/mol. The lowest BCUT2D eigenvalue weighted by Gasteiger charge is -2.15. The van der Waals surface area contributed by atoms with E-state index >= 15 is 0 Å². The molecule has 0 aromatic heterocycles. The number of amides is 1. The zero-order valence-electron chi connectivity index (χ0n) is 14.8. The molecule has 2 rings (SSSR count). The number of carbonyl (C=O) groups excluding carboxylic acids is 1. The van der Waals surface area contributed by atoms with Crippen molar-refractivity contribution >= 4 is 17.3 Å². The van der Waals surface area contributed by atoms with Crippen LogP contribution in [0.5, 0.6) is 5.75 Å². The molecule has 0 saturated heterocycles. The van der Waals surface area contributed by atoms with Gasteiger partial charge in [-0.3, -0.25) is 4.79 Å². The fourth-order valence-corrected chi connectivity index (χ4v) is 2.66. The molecule has 130 valence electrons. The molecule has 1 heterocycles. The lowest BCUT2D eigenvalue weighted by Crippen LogP contribution is -2.26. The molecule has 5 nitrogen and oxygen atoms in total. The number of nitrogens with one attached hydrogen (secondary N) is 2. The number of aryl methyl sites for hydroxylation is 1. The molecule has 0 aliphatic carbocycles. The van der Waals surface area contributed by atoms with Gasteiger partial charge in [0.2, 0.25) is 5.91 Å². The van der Waals surface area contributed by atoms with E-state index in [-0.39, 0.29) is 5.91 Å². The first-order chi connectivity index (χ1) is 11.5. The monoisotopic (exact) mass is 329 g/mol. The Bertz CT molecular complexity index is 637. The summed E-state index contributed by atoms with van der Waals surface area (Å²) in [6.45, 7) is 6.86. The van der Waals surface area contributed by atoms with E-state index in [9.17, 15) is 4.79 Å². The second-order valence-corrected chi connectivity index (χ2v) is 6.36. The fourth-order valence-electron chi connectivity index (χ4n) is 2.66. The summed E-state index contributed by atoms with van der Waals surface area (Å²) in [5.74, 6) is 1.18. The van der Waals surface area contributed by atoms with Gasteiger partial charge in [-0.2, -0.15) is 5.10 Å². The zero-order valence-corrected chi connectivity index (χ0v) is 14.8. The summed E-state index contributed by atoms with van der Waals surface area (Å²) >= 11 is 0. The normalized spacial score (nSPS) is 15.5. The molecule has 5 heteroatoms. The molecule has 1 atom stereocenters. The maximum absolute atomic E-state index is 11.2. The minimum absolute atomic E-state index is 0.0284. The first-order valence-electron chi connectivity index (χ1n) is 8.67. The minimum atomic E-state index is -0.0284. The Labute approximate surface area is 144 Å². The van der Waals surface area contributed by atoms with Crippen LogP contribution in [0.2, 0.25) is 0 Å². The van der Waals surface area contributed by atoms with E-state index in [0.717, 1.165) is 47.6 Å². The van der Waals surface area contributed by atoms with Gasteiger partial charge in [0.15, 0.2) is 0 Å². The summed E-state index contributed by atoms with van der Waals surface area (Å²) in [4.78, 5) is 11.2. The first-order valence-corrected chi connectivity index (χ1v) is 8.67. The molecule has 1 aliphatic heterocycles. The highest BCUT2D eigenvalue weighted by Crippen LogP contribution is 2.21. The summed E-state index contributed by atoms with van der Waals surface area (Å²) in [5, 5.41) is 12.1. The van der Waals surface area contributed by atoms with Crippen LogP contribution in [0.25, 0.3) is 0 Å². The number of ether oxygens (including phenoxy) is 1. The number of hydrogen-bond donors (Lipinski definition) is 2. The number of hydrazone groups is 1. The van der Waals surface area contributed by atoms with Crippen molar-refractivity contribution in [1.29, 1.82) is 5.41 Å². The van der Waals surface area contributed by atoms with Crippen LogP contribution in [0.15, 0.2) is 23.3 Å². The fraction of sp³-hybridized carbons (Fsp3) is 0.526. The van der Waals surface area contributed by atoms with Crippen molar-refractivity contribution in [3.63, 3.8) is 0 Å². The Morgan fingerprint density at radius 3 is 2.83 bits per heavy atom. The molecule has 1 aromatic rings. The van der Waals surface area contributed by atoms with Gasteiger partial charge in [-0.15, -0.1) is 0 Å². The second kappa shape index (κ2) is 8.62. The van der Waals surface area contributed by atoms with Gasteiger partial charge in [-0.1, -0.05) is 13.8 Å². The SMILES string of the molecule is CC[C@@H](C)C(=N)CCCOc1ccc(C2=NNC(=O)CC2)c(C)c1. The molecule has 24 heavy (non-hydrogen) atoms. The van der Waals surface area contributed by atoms with Crippen molar-refractivity contribution in [2.24, 2.45) is 11.0 Å². The molecule has 2 N–H and O–H groups in total. The highest BCUT2D eigenvalue weighted by molar-refractivity contribution is 6.05. The molecule has 1 amide bonds. The summed E-state index contributed by atoms with van der Waals surface area (Å²) < 4.78 is 5.80. The molecule has 0 fully saturated rings. The predicted octanol–water partition coefficient (Wildman–Crippen LogP) is 3.83. The number of hydrogen-bond acceptors (Lipinski definition) is 4. The molecule has 0 radical (unpaired) electrons. The maximum Gasteiger partial charge on any atom is 0.240 e. The van der Waals surface area contributed by atoms with E-state index in [1.54, 1.807) is 0 Å². The second-order valence-electron chi connectivity index (χ2n) is 6.36. The van der Waals surface area contributed by atoms with E-state index in [4.69, 9.17) is 10.1 Å².